The molecule has 0 nitrogen and oxygen atoms in total. The van der Waals surface area contributed by atoms with Gasteiger partial charge in [-0.25, -0.2) is 0 Å². The number of rotatable bonds is 3. The fourth-order valence-corrected chi connectivity index (χ4v) is 5.44. The second-order valence-corrected chi connectivity index (χ2v) is 7.38. The van der Waals surface area contributed by atoms with Gasteiger partial charge in [-0.1, -0.05) is 54.6 Å². The first-order chi connectivity index (χ1) is 9.65. The van der Waals surface area contributed by atoms with Crippen LogP contribution in [0.2, 0.25) is 0 Å². The zero-order chi connectivity index (χ0) is 14.3. The van der Waals surface area contributed by atoms with E-state index in [-0.39, 0.29) is 4.08 Å². The largest absolute Gasteiger partial charge is 0.138 e. The first-order valence-corrected chi connectivity index (χ1v) is 9.10. The van der Waals surface area contributed by atoms with Crippen molar-refractivity contribution in [1.29, 1.82) is 0 Å². The lowest BCUT2D eigenvalue weighted by atomic mass is 9.97. The summed E-state index contributed by atoms with van der Waals surface area (Å²) in [7, 11) is 0. The quantitative estimate of drug-likeness (QED) is 0.674. The molecule has 1 aliphatic rings. The van der Waals surface area contributed by atoms with Crippen LogP contribution in [0.1, 0.15) is 23.6 Å². The maximum absolute atomic E-state index is 4.18. The number of allylic oxidation sites excluding steroid dienone is 1. The van der Waals surface area contributed by atoms with Crippen LogP contribution in [-0.2, 0) is 4.08 Å². The van der Waals surface area contributed by atoms with Crippen molar-refractivity contribution in [2.24, 2.45) is 0 Å². The van der Waals surface area contributed by atoms with Gasteiger partial charge in [-0.05, 0) is 47.3 Å². The van der Waals surface area contributed by atoms with Gasteiger partial charge in [0, 0.05) is 0 Å². The summed E-state index contributed by atoms with van der Waals surface area (Å²) >= 11 is 3.84. The summed E-state index contributed by atoms with van der Waals surface area (Å²) in [4.78, 5) is 0. The average Bonchev–Trinajstić information content (AvgIpc) is 2.78. The average molecular weight is 298 g/mol. The Labute approximate surface area is 129 Å². The van der Waals surface area contributed by atoms with Crippen LogP contribution >= 0.6 is 23.5 Å². The molecule has 2 aromatic rings. The van der Waals surface area contributed by atoms with Crippen molar-refractivity contribution in [2.45, 2.75) is 11.0 Å². The van der Waals surface area contributed by atoms with E-state index in [0.717, 1.165) is 5.57 Å². The molecule has 0 amide bonds. The Hall–Kier alpha value is -1.12. The predicted octanol–water partition coefficient (Wildman–Crippen LogP) is 5.63. The fraction of sp³-hybridized carbons (Fsp3) is 0.222. The molecule has 0 radical (unpaired) electrons. The van der Waals surface area contributed by atoms with E-state index in [0.29, 0.717) is 0 Å². The van der Waals surface area contributed by atoms with E-state index in [2.05, 4.69) is 68.5 Å². The second kappa shape index (κ2) is 5.01. The monoisotopic (exact) mass is 298 g/mol. The van der Waals surface area contributed by atoms with E-state index in [9.17, 15) is 0 Å². The van der Waals surface area contributed by atoms with E-state index in [1.165, 1.54) is 27.8 Å². The van der Waals surface area contributed by atoms with E-state index >= 15 is 0 Å². The van der Waals surface area contributed by atoms with Crippen LogP contribution in [-0.4, -0.2) is 12.5 Å². The minimum atomic E-state index is -0.0124. The summed E-state index contributed by atoms with van der Waals surface area (Å²) in [6, 6.07) is 15.4. The number of thioether (sulfide) groups is 2. The van der Waals surface area contributed by atoms with Gasteiger partial charge in [0.1, 0.15) is 4.08 Å². The maximum atomic E-state index is 4.18. The number of hydrogen-bond donors (Lipinski definition) is 0. The van der Waals surface area contributed by atoms with Crippen LogP contribution in [0.5, 0.6) is 0 Å². The van der Waals surface area contributed by atoms with E-state index in [1.807, 2.05) is 23.5 Å². The molecular weight excluding hydrogens is 280 g/mol. The molecule has 0 aliphatic heterocycles. The van der Waals surface area contributed by atoms with E-state index in [4.69, 9.17) is 0 Å². The Morgan fingerprint density at radius 3 is 2.25 bits per heavy atom. The van der Waals surface area contributed by atoms with Gasteiger partial charge in [-0.15, -0.1) is 23.5 Å². The maximum Gasteiger partial charge on any atom is 0.113 e. The van der Waals surface area contributed by atoms with E-state index < -0.39 is 0 Å². The normalized spacial score (nSPS) is 14.8. The van der Waals surface area contributed by atoms with Gasteiger partial charge in [0.2, 0.25) is 0 Å². The molecule has 0 spiro atoms. The number of fused-ring (bicyclic) bond motifs is 3. The minimum Gasteiger partial charge on any atom is -0.138 e. The van der Waals surface area contributed by atoms with Crippen molar-refractivity contribution in [3.63, 3.8) is 0 Å². The Bertz CT molecular complexity index is 682. The Morgan fingerprint density at radius 2 is 1.60 bits per heavy atom. The predicted molar refractivity (Wildman–Crippen MR) is 94.4 cm³/mol. The van der Waals surface area contributed by atoms with Gasteiger partial charge in [0.15, 0.2) is 0 Å². The van der Waals surface area contributed by atoms with Crippen LogP contribution in [0.15, 0.2) is 49.0 Å². The van der Waals surface area contributed by atoms with Crippen LogP contribution in [0.3, 0.4) is 0 Å². The molecule has 0 saturated carbocycles. The topological polar surface area (TPSA) is 0 Å². The molecule has 1 aliphatic carbocycles. The van der Waals surface area contributed by atoms with Gasteiger partial charge in [-0.3, -0.25) is 0 Å². The molecule has 0 heterocycles. The lowest BCUT2D eigenvalue weighted by molar-refractivity contribution is 1.12. The lowest BCUT2D eigenvalue weighted by Gasteiger charge is -2.29. The first kappa shape index (κ1) is 13.8. The van der Waals surface area contributed by atoms with Crippen molar-refractivity contribution in [3.05, 3.63) is 65.7 Å². The summed E-state index contributed by atoms with van der Waals surface area (Å²) in [5.74, 6) is 0. The third-order valence-electron chi connectivity index (χ3n) is 4.00. The summed E-state index contributed by atoms with van der Waals surface area (Å²) in [6.45, 7) is 6.28. The van der Waals surface area contributed by atoms with Crippen molar-refractivity contribution in [3.8, 4) is 11.1 Å². The highest BCUT2D eigenvalue weighted by molar-refractivity contribution is 8.17. The SMILES string of the molecule is C=C(C)c1cccc2c1C(SC)(SC)c1ccccc1-2. The van der Waals surface area contributed by atoms with E-state index in [1.54, 1.807) is 0 Å². The second-order valence-electron chi connectivity index (χ2n) is 5.08. The smallest absolute Gasteiger partial charge is 0.113 e. The lowest BCUT2D eigenvalue weighted by Crippen LogP contribution is -2.16. The highest BCUT2D eigenvalue weighted by atomic mass is 32.2. The molecule has 0 saturated heterocycles. The molecule has 20 heavy (non-hydrogen) atoms. The Kier molecular flexibility index (Phi) is 3.47. The summed E-state index contributed by atoms with van der Waals surface area (Å²) in [5.41, 5.74) is 8.01. The molecule has 0 fully saturated rings. The first-order valence-electron chi connectivity index (χ1n) is 6.65. The highest BCUT2D eigenvalue weighted by Crippen LogP contribution is 2.60. The van der Waals surface area contributed by atoms with Crippen LogP contribution < -0.4 is 0 Å². The minimum absolute atomic E-state index is 0.0124. The molecule has 102 valence electrons. The van der Waals surface area contributed by atoms with Gasteiger partial charge in [0.25, 0.3) is 0 Å². The standard InChI is InChI=1S/C18H18S2/c1-12(2)13-9-7-10-15-14-8-5-6-11-16(14)18(19-3,20-4)17(13)15/h5-11H,1H2,2-4H3. The third kappa shape index (κ3) is 1.71. The van der Waals surface area contributed by atoms with Crippen molar-refractivity contribution in [1.82, 2.24) is 0 Å². The molecule has 3 rings (SSSR count). The molecular formula is C18H18S2. The summed E-state index contributed by atoms with van der Waals surface area (Å²) in [5, 5.41) is 0. The van der Waals surface area contributed by atoms with Crippen LogP contribution in [0, 0.1) is 0 Å². The Morgan fingerprint density at radius 1 is 0.950 bits per heavy atom. The van der Waals surface area contributed by atoms with Crippen LogP contribution in [0.4, 0.5) is 0 Å². The molecule has 0 unspecified atom stereocenters. The molecule has 2 aromatic carbocycles. The third-order valence-corrected chi connectivity index (χ3v) is 7.00. The molecule has 0 bridgehead atoms. The summed E-state index contributed by atoms with van der Waals surface area (Å²) in [6.07, 6.45) is 4.41. The van der Waals surface area contributed by atoms with Gasteiger partial charge in [-0.2, -0.15) is 0 Å². The van der Waals surface area contributed by atoms with Gasteiger partial charge < -0.3 is 0 Å². The molecule has 0 aromatic heterocycles. The zero-order valence-electron chi connectivity index (χ0n) is 12.1. The summed E-state index contributed by atoms with van der Waals surface area (Å²) < 4.78 is -0.0124. The Balaban J connectivity index is 2.43. The molecule has 2 heteroatoms. The fourth-order valence-electron chi connectivity index (χ4n) is 3.13. The highest BCUT2D eigenvalue weighted by Gasteiger charge is 2.43. The number of benzene rings is 2. The van der Waals surface area contributed by atoms with Crippen molar-refractivity contribution in [2.75, 3.05) is 12.5 Å². The number of hydrogen-bond acceptors (Lipinski definition) is 2. The molecule has 0 atom stereocenters. The van der Waals surface area contributed by atoms with Crippen molar-refractivity contribution >= 4 is 29.1 Å². The van der Waals surface area contributed by atoms with Gasteiger partial charge >= 0.3 is 0 Å². The molecule has 0 N–H and O–H groups in total. The van der Waals surface area contributed by atoms with Crippen LogP contribution in [0.25, 0.3) is 16.7 Å². The van der Waals surface area contributed by atoms with Crippen molar-refractivity contribution < 1.29 is 0 Å². The zero-order valence-corrected chi connectivity index (χ0v) is 13.7. The van der Waals surface area contributed by atoms with Gasteiger partial charge in [0.05, 0.1) is 0 Å².